The van der Waals surface area contributed by atoms with Gasteiger partial charge in [0.2, 0.25) is 0 Å². The van der Waals surface area contributed by atoms with E-state index in [-0.39, 0.29) is 5.91 Å². The van der Waals surface area contributed by atoms with Crippen LogP contribution in [0.4, 0.5) is 0 Å². The molecule has 1 N–H and O–H groups in total. The van der Waals surface area contributed by atoms with Crippen LogP contribution in [0.25, 0.3) is 22.8 Å². The van der Waals surface area contributed by atoms with E-state index in [0.29, 0.717) is 30.3 Å². The van der Waals surface area contributed by atoms with Crippen LogP contribution in [0, 0.1) is 20.8 Å². The van der Waals surface area contributed by atoms with Gasteiger partial charge >= 0.3 is 0 Å². The van der Waals surface area contributed by atoms with E-state index in [4.69, 9.17) is 4.98 Å². The fourth-order valence-corrected chi connectivity index (χ4v) is 3.42. The summed E-state index contributed by atoms with van der Waals surface area (Å²) < 4.78 is 1.73. The lowest BCUT2D eigenvalue weighted by Crippen LogP contribution is -2.35. The van der Waals surface area contributed by atoms with E-state index in [9.17, 15) is 4.79 Å². The van der Waals surface area contributed by atoms with E-state index in [0.717, 1.165) is 22.4 Å². The van der Waals surface area contributed by atoms with E-state index < -0.39 is 0 Å². The molecular weight excluding hydrogens is 314 g/mol. The van der Waals surface area contributed by atoms with Crippen molar-refractivity contribution in [1.82, 2.24) is 25.1 Å². The second kappa shape index (κ2) is 5.81. The highest BCUT2D eigenvalue weighted by Crippen LogP contribution is 2.27. The zero-order chi connectivity index (χ0) is 17.6. The number of aryl methyl sites for hydroxylation is 3. The Kier molecular flexibility index (Phi) is 3.60. The fourth-order valence-electron chi connectivity index (χ4n) is 3.42. The summed E-state index contributed by atoms with van der Waals surface area (Å²) in [7, 11) is 0. The van der Waals surface area contributed by atoms with Gasteiger partial charge in [-0.3, -0.25) is 9.48 Å². The molecule has 0 atom stereocenters. The summed E-state index contributed by atoms with van der Waals surface area (Å²) in [5.74, 6) is 0.590. The predicted molar refractivity (Wildman–Crippen MR) is 95.2 cm³/mol. The minimum atomic E-state index is -0.0931. The molecule has 1 aliphatic heterocycles. The van der Waals surface area contributed by atoms with Gasteiger partial charge in [-0.1, -0.05) is 17.7 Å². The first-order valence-electron chi connectivity index (χ1n) is 8.30. The molecule has 3 heterocycles. The van der Waals surface area contributed by atoms with E-state index >= 15 is 0 Å². The molecule has 0 radical (unpaired) electrons. The maximum atomic E-state index is 11.9. The van der Waals surface area contributed by atoms with Gasteiger partial charge in [0.25, 0.3) is 5.91 Å². The predicted octanol–water partition coefficient (Wildman–Crippen LogP) is 2.68. The van der Waals surface area contributed by atoms with Gasteiger partial charge in [-0.25, -0.2) is 9.97 Å². The van der Waals surface area contributed by atoms with Crippen LogP contribution < -0.4 is 5.32 Å². The monoisotopic (exact) mass is 333 g/mol. The van der Waals surface area contributed by atoms with Crippen molar-refractivity contribution in [2.75, 3.05) is 6.54 Å². The highest BCUT2D eigenvalue weighted by Gasteiger charge is 2.20. The second-order valence-electron chi connectivity index (χ2n) is 6.43. The van der Waals surface area contributed by atoms with Crippen LogP contribution in [0.15, 0.2) is 30.5 Å². The summed E-state index contributed by atoms with van der Waals surface area (Å²) in [6.07, 6.45) is 1.74. The van der Waals surface area contributed by atoms with Crippen LogP contribution in [-0.4, -0.2) is 32.2 Å². The zero-order valence-electron chi connectivity index (χ0n) is 14.5. The summed E-state index contributed by atoms with van der Waals surface area (Å²) in [5.41, 5.74) is 6.56. The molecule has 126 valence electrons. The summed E-state index contributed by atoms with van der Waals surface area (Å²) in [6.45, 7) is 7.51. The Hall–Kier alpha value is -3.02. The molecule has 0 saturated heterocycles. The number of hydrogen-bond acceptors (Lipinski definition) is 4. The average molecular weight is 333 g/mol. The van der Waals surface area contributed by atoms with Crippen LogP contribution in [0.2, 0.25) is 0 Å². The Bertz CT molecular complexity index is 966. The van der Waals surface area contributed by atoms with Crippen molar-refractivity contribution in [3.63, 3.8) is 0 Å². The Balaban J connectivity index is 1.80. The van der Waals surface area contributed by atoms with Crippen molar-refractivity contribution < 1.29 is 4.79 Å². The van der Waals surface area contributed by atoms with Gasteiger partial charge in [0.05, 0.1) is 12.2 Å². The molecule has 2 aromatic heterocycles. The molecule has 0 bridgehead atoms. The maximum Gasteiger partial charge on any atom is 0.269 e. The minimum absolute atomic E-state index is 0.0931. The van der Waals surface area contributed by atoms with Crippen molar-refractivity contribution in [2.24, 2.45) is 0 Å². The molecule has 0 spiro atoms. The smallest absolute Gasteiger partial charge is 0.269 e. The van der Waals surface area contributed by atoms with E-state index in [1.54, 1.807) is 16.9 Å². The molecule has 0 fully saturated rings. The summed E-state index contributed by atoms with van der Waals surface area (Å²) in [4.78, 5) is 21.1. The topological polar surface area (TPSA) is 72.7 Å². The highest BCUT2D eigenvalue weighted by atomic mass is 16.2. The second-order valence-corrected chi connectivity index (χ2v) is 6.43. The number of fused-ring (bicyclic) bond motifs is 1. The molecule has 25 heavy (non-hydrogen) atoms. The van der Waals surface area contributed by atoms with Gasteiger partial charge in [-0.2, -0.15) is 5.10 Å². The lowest BCUT2D eigenvalue weighted by atomic mass is 9.99. The largest absolute Gasteiger partial charge is 0.349 e. The first-order valence-corrected chi connectivity index (χ1v) is 8.30. The number of aromatic nitrogens is 4. The first-order chi connectivity index (χ1) is 12.0. The molecule has 4 rings (SSSR count). The molecule has 6 heteroatoms. The molecule has 6 nitrogen and oxygen atoms in total. The van der Waals surface area contributed by atoms with Crippen LogP contribution in [-0.2, 0) is 6.54 Å². The van der Waals surface area contributed by atoms with E-state index in [1.165, 1.54) is 5.56 Å². The molecule has 0 unspecified atom stereocenters. The van der Waals surface area contributed by atoms with E-state index in [1.807, 2.05) is 6.07 Å². The number of benzene rings is 1. The van der Waals surface area contributed by atoms with Crippen molar-refractivity contribution >= 4 is 5.91 Å². The van der Waals surface area contributed by atoms with Crippen LogP contribution >= 0.6 is 0 Å². The fraction of sp³-hybridized carbons (Fsp3) is 0.263. The first kappa shape index (κ1) is 15.5. The van der Waals surface area contributed by atoms with Crippen molar-refractivity contribution in [1.29, 1.82) is 0 Å². The number of rotatable bonds is 2. The standard InChI is InChI=1S/C19H19N5O/c1-11-8-12(2)17(13(3)9-11)18-20-5-4-14(22-18)15-10-16-19(25)21-6-7-24(16)23-15/h4-5,8-10H,6-7H2,1-3H3,(H,21,25). The normalized spacial score (nSPS) is 13.5. The molecule has 0 aliphatic carbocycles. The van der Waals surface area contributed by atoms with Gasteiger partial charge in [0.1, 0.15) is 11.4 Å². The summed E-state index contributed by atoms with van der Waals surface area (Å²) in [6, 6.07) is 7.89. The number of hydrogen-bond donors (Lipinski definition) is 1. The van der Waals surface area contributed by atoms with Crippen LogP contribution in [0.1, 0.15) is 27.2 Å². The van der Waals surface area contributed by atoms with Gasteiger partial charge in [0, 0.05) is 18.3 Å². The lowest BCUT2D eigenvalue weighted by molar-refractivity contribution is 0.0924. The quantitative estimate of drug-likeness (QED) is 0.782. The SMILES string of the molecule is Cc1cc(C)c(-c2nccc(-c3cc4n(n3)CCNC4=O)n2)c(C)c1. The van der Waals surface area contributed by atoms with E-state index in [2.05, 4.69) is 48.3 Å². The molecule has 1 amide bonds. The molecule has 1 aliphatic rings. The lowest BCUT2D eigenvalue weighted by Gasteiger charge is -2.13. The van der Waals surface area contributed by atoms with Crippen molar-refractivity contribution in [3.8, 4) is 22.8 Å². The van der Waals surface area contributed by atoms with Crippen molar-refractivity contribution in [3.05, 3.63) is 52.8 Å². The third kappa shape index (κ3) is 2.69. The maximum absolute atomic E-state index is 11.9. The van der Waals surface area contributed by atoms with Crippen molar-refractivity contribution in [2.45, 2.75) is 27.3 Å². The highest BCUT2D eigenvalue weighted by molar-refractivity contribution is 5.94. The summed E-state index contributed by atoms with van der Waals surface area (Å²) >= 11 is 0. The third-order valence-corrected chi connectivity index (χ3v) is 4.44. The minimum Gasteiger partial charge on any atom is -0.349 e. The summed E-state index contributed by atoms with van der Waals surface area (Å²) in [5, 5.41) is 7.36. The van der Waals surface area contributed by atoms with Crippen LogP contribution in [0.3, 0.4) is 0 Å². The average Bonchev–Trinajstić information content (AvgIpc) is 3.00. The molecular formula is C19H19N5O. The molecule has 0 saturated carbocycles. The molecule has 1 aromatic carbocycles. The number of carbonyl (C=O) groups excluding carboxylic acids is 1. The Morgan fingerprint density at radius 2 is 1.84 bits per heavy atom. The Morgan fingerprint density at radius 1 is 1.08 bits per heavy atom. The Morgan fingerprint density at radius 3 is 2.56 bits per heavy atom. The van der Waals surface area contributed by atoms with Gasteiger partial charge < -0.3 is 5.32 Å². The van der Waals surface area contributed by atoms with Gasteiger partial charge in [-0.15, -0.1) is 0 Å². The Labute approximate surface area is 145 Å². The number of nitrogens with one attached hydrogen (secondary N) is 1. The number of nitrogens with zero attached hydrogens (tertiary/aromatic N) is 4. The third-order valence-electron chi connectivity index (χ3n) is 4.44. The van der Waals surface area contributed by atoms with Gasteiger partial charge in [0.15, 0.2) is 5.82 Å². The molecule has 3 aromatic rings. The van der Waals surface area contributed by atoms with Gasteiger partial charge in [-0.05, 0) is 44.0 Å². The number of carbonyl (C=O) groups is 1. The zero-order valence-corrected chi connectivity index (χ0v) is 14.5. The van der Waals surface area contributed by atoms with Crippen LogP contribution in [0.5, 0.6) is 0 Å². The number of amides is 1.